The SMILES string of the molecule is Cc1cccc(NC(=O)CN(C)C(CCO)c2ccccc2)c1C. The van der Waals surface area contributed by atoms with Crippen molar-refractivity contribution in [2.75, 3.05) is 25.5 Å². The Labute approximate surface area is 144 Å². The molecule has 2 aromatic carbocycles. The Balaban J connectivity index is 2.05. The lowest BCUT2D eigenvalue weighted by Gasteiger charge is -2.27. The monoisotopic (exact) mass is 326 g/mol. The van der Waals surface area contributed by atoms with E-state index in [1.54, 1.807) is 0 Å². The minimum atomic E-state index is -0.0509. The van der Waals surface area contributed by atoms with Crippen molar-refractivity contribution in [1.82, 2.24) is 4.90 Å². The van der Waals surface area contributed by atoms with E-state index in [-0.39, 0.29) is 25.1 Å². The van der Waals surface area contributed by atoms with Crippen LogP contribution in [0.3, 0.4) is 0 Å². The van der Waals surface area contributed by atoms with Gasteiger partial charge in [0.05, 0.1) is 6.54 Å². The van der Waals surface area contributed by atoms with Crippen molar-refractivity contribution in [3.05, 3.63) is 65.2 Å². The summed E-state index contributed by atoms with van der Waals surface area (Å²) in [6.45, 7) is 4.40. The van der Waals surface area contributed by atoms with Crippen molar-refractivity contribution in [2.45, 2.75) is 26.3 Å². The van der Waals surface area contributed by atoms with Crippen LogP contribution in [-0.2, 0) is 4.79 Å². The van der Waals surface area contributed by atoms with Crippen LogP contribution >= 0.6 is 0 Å². The Morgan fingerprint density at radius 1 is 1.12 bits per heavy atom. The summed E-state index contributed by atoms with van der Waals surface area (Å²) in [5.41, 5.74) is 4.20. The first-order valence-electron chi connectivity index (χ1n) is 8.25. The van der Waals surface area contributed by atoms with Gasteiger partial charge in [-0.25, -0.2) is 0 Å². The van der Waals surface area contributed by atoms with E-state index < -0.39 is 0 Å². The summed E-state index contributed by atoms with van der Waals surface area (Å²) in [7, 11) is 1.91. The predicted molar refractivity (Wildman–Crippen MR) is 98.1 cm³/mol. The molecule has 4 heteroatoms. The molecular formula is C20H26N2O2. The molecule has 1 amide bonds. The molecule has 4 nitrogen and oxygen atoms in total. The Morgan fingerprint density at radius 3 is 2.50 bits per heavy atom. The molecule has 0 saturated heterocycles. The molecule has 0 radical (unpaired) electrons. The predicted octanol–water partition coefficient (Wildman–Crippen LogP) is 3.30. The Bertz CT molecular complexity index is 671. The molecule has 128 valence electrons. The van der Waals surface area contributed by atoms with E-state index in [9.17, 15) is 9.90 Å². The van der Waals surface area contributed by atoms with Crippen LogP contribution in [0, 0.1) is 13.8 Å². The number of likely N-dealkylation sites (N-methyl/N-ethyl adjacent to an activating group) is 1. The molecule has 0 aliphatic heterocycles. The number of aliphatic hydroxyl groups excluding tert-OH is 1. The van der Waals surface area contributed by atoms with Crippen molar-refractivity contribution in [3.8, 4) is 0 Å². The molecule has 0 saturated carbocycles. The van der Waals surface area contributed by atoms with Crippen LogP contribution in [0.5, 0.6) is 0 Å². The van der Waals surface area contributed by atoms with E-state index >= 15 is 0 Å². The fourth-order valence-electron chi connectivity index (χ4n) is 2.85. The van der Waals surface area contributed by atoms with Gasteiger partial charge in [0.15, 0.2) is 0 Å². The number of hydrogen-bond donors (Lipinski definition) is 2. The van der Waals surface area contributed by atoms with Crippen LogP contribution in [0.15, 0.2) is 48.5 Å². The van der Waals surface area contributed by atoms with Crippen molar-refractivity contribution in [3.63, 3.8) is 0 Å². The van der Waals surface area contributed by atoms with Gasteiger partial charge in [0, 0.05) is 18.3 Å². The fraction of sp³-hybridized carbons (Fsp3) is 0.350. The summed E-state index contributed by atoms with van der Waals surface area (Å²) in [5, 5.41) is 12.3. The Hall–Kier alpha value is -2.17. The summed E-state index contributed by atoms with van der Waals surface area (Å²) < 4.78 is 0. The van der Waals surface area contributed by atoms with Crippen LogP contribution < -0.4 is 5.32 Å². The Morgan fingerprint density at radius 2 is 1.83 bits per heavy atom. The number of carbonyl (C=O) groups excluding carboxylic acids is 1. The summed E-state index contributed by atoms with van der Waals surface area (Å²) in [6.07, 6.45) is 0.595. The molecule has 0 heterocycles. The zero-order chi connectivity index (χ0) is 17.5. The van der Waals surface area contributed by atoms with E-state index in [1.165, 1.54) is 0 Å². The number of hydrogen-bond acceptors (Lipinski definition) is 3. The third-order valence-electron chi connectivity index (χ3n) is 4.39. The second-order valence-corrected chi connectivity index (χ2v) is 6.15. The lowest BCUT2D eigenvalue weighted by Crippen LogP contribution is -2.34. The number of benzene rings is 2. The Kier molecular flexibility index (Phi) is 6.53. The third-order valence-corrected chi connectivity index (χ3v) is 4.39. The van der Waals surface area contributed by atoms with Gasteiger partial charge in [0.1, 0.15) is 0 Å². The van der Waals surface area contributed by atoms with Crippen LogP contribution in [0.2, 0.25) is 0 Å². The highest BCUT2D eigenvalue weighted by atomic mass is 16.3. The maximum Gasteiger partial charge on any atom is 0.238 e. The van der Waals surface area contributed by atoms with Crippen LogP contribution in [0.25, 0.3) is 0 Å². The lowest BCUT2D eigenvalue weighted by atomic mass is 10.0. The van der Waals surface area contributed by atoms with Crippen LogP contribution in [0.1, 0.15) is 29.2 Å². The maximum atomic E-state index is 12.4. The first-order chi connectivity index (χ1) is 11.5. The van der Waals surface area contributed by atoms with E-state index in [2.05, 4.69) is 5.32 Å². The van der Waals surface area contributed by atoms with Gasteiger partial charge in [0.25, 0.3) is 0 Å². The fourth-order valence-corrected chi connectivity index (χ4v) is 2.85. The first kappa shape index (κ1) is 18.2. The zero-order valence-corrected chi connectivity index (χ0v) is 14.6. The van der Waals surface area contributed by atoms with Crippen LogP contribution in [-0.4, -0.2) is 36.1 Å². The van der Waals surface area contributed by atoms with E-state index in [0.717, 1.165) is 22.4 Å². The number of nitrogens with one attached hydrogen (secondary N) is 1. The normalized spacial score (nSPS) is 12.2. The number of aliphatic hydroxyl groups is 1. The maximum absolute atomic E-state index is 12.4. The summed E-state index contributed by atoms with van der Waals surface area (Å²) in [6, 6.07) is 15.9. The lowest BCUT2D eigenvalue weighted by molar-refractivity contribution is -0.117. The number of anilines is 1. The summed E-state index contributed by atoms with van der Waals surface area (Å²) in [4.78, 5) is 14.4. The highest BCUT2D eigenvalue weighted by Crippen LogP contribution is 2.23. The first-order valence-corrected chi connectivity index (χ1v) is 8.25. The summed E-state index contributed by atoms with van der Waals surface area (Å²) >= 11 is 0. The van der Waals surface area contributed by atoms with Crippen molar-refractivity contribution >= 4 is 11.6 Å². The van der Waals surface area contributed by atoms with E-state index in [4.69, 9.17) is 0 Å². The van der Waals surface area contributed by atoms with Gasteiger partial charge < -0.3 is 10.4 Å². The van der Waals surface area contributed by atoms with Gasteiger partial charge in [-0.15, -0.1) is 0 Å². The topological polar surface area (TPSA) is 52.6 Å². The molecule has 0 aliphatic carbocycles. The number of aryl methyl sites for hydroxylation is 1. The van der Waals surface area contributed by atoms with Crippen LogP contribution in [0.4, 0.5) is 5.69 Å². The number of rotatable bonds is 7. The standard InChI is InChI=1S/C20H26N2O2/c1-15-8-7-11-18(16(15)2)21-20(24)14-22(3)19(12-13-23)17-9-5-4-6-10-17/h4-11,19,23H,12-14H2,1-3H3,(H,21,24). The highest BCUT2D eigenvalue weighted by molar-refractivity contribution is 5.93. The molecule has 0 aromatic heterocycles. The molecular weight excluding hydrogens is 300 g/mol. The molecule has 0 fully saturated rings. The molecule has 0 spiro atoms. The van der Waals surface area contributed by atoms with Crippen molar-refractivity contribution < 1.29 is 9.90 Å². The second-order valence-electron chi connectivity index (χ2n) is 6.15. The summed E-state index contributed by atoms with van der Waals surface area (Å²) in [5.74, 6) is -0.0509. The number of nitrogens with zero attached hydrogens (tertiary/aromatic N) is 1. The third kappa shape index (κ3) is 4.66. The molecule has 2 N–H and O–H groups in total. The van der Waals surface area contributed by atoms with Gasteiger partial charge in [-0.2, -0.15) is 0 Å². The van der Waals surface area contributed by atoms with Gasteiger partial charge in [-0.05, 0) is 50.1 Å². The van der Waals surface area contributed by atoms with Crippen molar-refractivity contribution in [1.29, 1.82) is 0 Å². The van der Waals surface area contributed by atoms with E-state index in [1.807, 2.05) is 74.3 Å². The van der Waals surface area contributed by atoms with Gasteiger partial charge >= 0.3 is 0 Å². The zero-order valence-electron chi connectivity index (χ0n) is 14.6. The minimum Gasteiger partial charge on any atom is -0.396 e. The molecule has 2 rings (SSSR count). The van der Waals surface area contributed by atoms with Crippen molar-refractivity contribution in [2.24, 2.45) is 0 Å². The molecule has 24 heavy (non-hydrogen) atoms. The highest BCUT2D eigenvalue weighted by Gasteiger charge is 2.19. The number of carbonyl (C=O) groups is 1. The average Bonchev–Trinajstić information content (AvgIpc) is 2.57. The molecule has 1 unspecified atom stereocenters. The largest absolute Gasteiger partial charge is 0.396 e. The second kappa shape index (κ2) is 8.62. The van der Waals surface area contributed by atoms with Gasteiger partial charge in [-0.3, -0.25) is 9.69 Å². The average molecular weight is 326 g/mol. The van der Waals surface area contributed by atoms with E-state index in [0.29, 0.717) is 6.42 Å². The minimum absolute atomic E-state index is 0.0144. The number of amides is 1. The smallest absolute Gasteiger partial charge is 0.238 e. The van der Waals surface area contributed by atoms with Gasteiger partial charge in [-0.1, -0.05) is 42.5 Å². The molecule has 0 bridgehead atoms. The quantitative estimate of drug-likeness (QED) is 0.821. The molecule has 2 aromatic rings. The molecule has 1 atom stereocenters. The molecule has 0 aliphatic rings. The van der Waals surface area contributed by atoms with Gasteiger partial charge in [0.2, 0.25) is 5.91 Å².